The molecule has 2 fully saturated rings. The number of aromatic nitrogens is 1. The van der Waals surface area contributed by atoms with Crippen molar-refractivity contribution >= 4 is 38.1 Å². The second-order valence-electron chi connectivity index (χ2n) is 7.83. The number of thiazole rings is 1. The highest BCUT2D eigenvalue weighted by molar-refractivity contribution is 7.89. The quantitative estimate of drug-likeness (QED) is 0.346. The van der Waals surface area contributed by atoms with E-state index < -0.39 is 21.1 Å². The van der Waals surface area contributed by atoms with Crippen LogP contribution in [-0.2, 0) is 29.1 Å². The van der Waals surface area contributed by atoms with Crippen LogP contribution in [0.2, 0.25) is 0 Å². The van der Waals surface area contributed by atoms with E-state index in [0.717, 1.165) is 19.3 Å². The van der Waals surface area contributed by atoms with Crippen molar-refractivity contribution in [1.29, 1.82) is 0 Å². The molecule has 0 radical (unpaired) electrons. The Morgan fingerprint density at radius 2 is 2.00 bits per heavy atom. The summed E-state index contributed by atoms with van der Waals surface area (Å²) in [6, 6.07) is 5.70. The molecule has 4 rings (SSSR count). The van der Waals surface area contributed by atoms with Crippen LogP contribution in [0.3, 0.4) is 0 Å². The summed E-state index contributed by atoms with van der Waals surface area (Å²) in [5.74, 6) is -0.669. The SMILES string of the molecule is O=C(Nc1ncc(F)s1)C(=NO[C@@H]1CCOC1)c1ccc(S(=O)(=O)NCCN2CCOCC2)cc1. The predicted octanol–water partition coefficient (Wildman–Crippen LogP) is 1.04. The van der Waals surface area contributed by atoms with Crippen molar-refractivity contribution in [2.45, 2.75) is 17.4 Å². The van der Waals surface area contributed by atoms with Crippen molar-refractivity contribution in [2.75, 3.05) is 57.9 Å². The lowest BCUT2D eigenvalue weighted by molar-refractivity contribution is -0.110. The van der Waals surface area contributed by atoms with E-state index in [4.69, 9.17) is 14.3 Å². The minimum absolute atomic E-state index is 0.0510. The topological polar surface area (TPSA) is 131 Å². The average molecular weight is 528 g/mol. The summed E-state index contributed by atoms with van der Waals surface area (Å²) in [7, 11) is -3.74. The van der Waals surface area contributed by atoms with Gasteiger partial charge in [0, 0.05) is 38.2 Å². The summed E-state index contributed by atoms with van der Waals surface area (Å²) in [5, 5.41) is 6.00. The third-order valence-electron chi connectivity index (χ3n) is 5.36. The number of benzene rings is 1. The third kappa shape index (κ3) is 7.25. The third-order valence-corrected chi connectivity index (χ3v) is 7.53. The van der Waals surface area contributed by atoms with Gasteiger partial charge in [-0.15, -0.1) is 0 Å². The number of anilines is 1. The summed E-state index contributed by atoms with van der Waals surface area (Å²) < 4.78 is 51.8. The van der Waals surface area contributed by atoms with Crippen LogP contribution in [-0.4, -0.2) is 88.6 Å². The zero-order valence-corrected chi connectivity index (χ0v) is 20.4. The first-order valence-electron chi connectivity index (χ1n) is 11.1. The van der Waals surface area contributed by atoms with Gasteiger partial charge < -0.3 is 14.3 Å². The Bertz CT molecular complexity index is 1130. The number of nitrogens with zero attached hydrogens (tertiary/aromatic N) is 3. The van der Waals surface area contributed by atoms with Gasteiger partial charge in [0.1, 0.15) is 0 Å². The lowest BCUT2D eigenvalue weighted by Crippen LogP contribution is -2.41. The Hall–Kier alpha value is -2.49. The van der Waals surface area contributed by atoms with E-state index in [9.17, 15) is 17.6 Å². The molecular weight excluding hydrogens is 501 g/mol. The van der Waals surface area contributed by atoms with Gasteiger partial charge in [-0.1, -0.05) is 28.6 Å². The fraction of sp³-hybridized carbons (Fsp3) is 0.476. The van der Waals surface area contributed by atoms with E-state index in [-0.39, 0.29) is 28.4 Å². The van der Waals surface area contributed by atoms with Gasteiger partial charge in [-0.2, -0.15) is 4.39 Å². The molecule has 14 heteroatoms. The molecule has 11 nitrogen and oxygen atoms in total. The number of hydrogen-bond donors (Lipinski definition) is 2. The number of carbonyl (C=O) groups is 1. The molecule has 35 heavy (non-hydrogen) atoms. The van der Waals surface area contributed by atoms with Gasteiger partial charge in [0.15, 0.2) is 22.1 Å². The largest absolute Gasteiger partial charge is 0.389 e. The van der Waals surface area contributed by atoms with Crippen LogP contribution in [0, 0.1) is 5.13 Å². The Morgan fingerprint density at radius 1 is 1.23 bits per heavy atom. The maximum atomic E-state index is 13.3. The molecule has 1 aromatic carbocycles. The molecule has 0 bridgehead atoms. The fourth-order valence-electron chi connectivity index (χ4n) is 3.46. The molecule has 2 aliphatic heterocycles. The number of amides is 1. The van der Waals surface area contributed by atoms with E-state index >= 15 is 0 Å². The Morgan fingerprint density at radius 3 is 2.66 bits per heavy atom. The van der Waals surface area contributed by atoms with Gasteiger partial charge in [-0.05, 0) is 12.1 Å². The van der Waals surface area contributed by atoms with E-state index in [1.807, 2.05) is 0 Å². The molecule has 3 heterocycles. The number of rotatable bonds is 10. The zero-order chi connectivity index (χ0) is 24.7. The first-order valence-corrected chi connectivity index (χ1v) is 13.3. The highest BCUT2D eigenvalue weighted by atomic mass is 32.2. The van der Waals surface area contributed by atoms with E-state index in [2.05, 4.69) is 25.1 Å². The van der Waals surface area contributed by atoms with Crippen molar-refractivity contribution in [3.63, 3.8) is 0 Å². The van der Waals surface area contributed by atoms with E-state index in [1.54, 1.807) is 0 Å². The van der Waals surface area contributed by atoms with E-state index in [0.29, 0.717) is 56.3 Å². The van der Waals surface area contributed by atoms with Crippen LogP contribution in [0.1, 0.15) is 12.0 Å². The lowest BCUT2D eigenvalue weighted by Gasteiger charge is -2.26. The summed E-state index contributed by atoms with van der Waals surface area (Å²) >= 11 is 0.672. The van der Waals surface area contributed by atoms with Gasteiger partial charge in [0.2, 0.25) is 10.0 Å². The molecule has 0 aliphatic carbocycles. The number of oxime groups is 1. The molecule has 0 unspecified atom stereocenters. The first-order chi connectivity index (χ1) is 16.9. The average Bonchev–Trinajstić information content (AvgIpc) is 3.52. The number of halogens is 1. The van der Waals surface area contributed by atoms with Gasteiger partial charge in [-0.25, -0.2) is 18.1 Å². The molecule has 0 saturated carbocycles. The van der Waals surface area contributed by atoms with Crippen molar-refractivity contribution in [3.05, 3.63) is 41.2 Å². The predicted molar refractivity (Wildman–Crippen MR) is 126 cm³/mol. The Kier molecular flexibility index (Phi) is 8.75. The second-order valence-corrected chi connectivity index (χ2v) is 10.6. The van der Waals surface area contributed by atoms with E-state index in [1.165, 1.54) is 24.3 Å². The fourth-order valence-corrected chi connectivity index (χ4v) is 5.02. The smallest absolute Gasteiger partial charge is 0.280 e. The number of carbonyl (C=O) groups excluding carboxylic acids is 1. The van der Waals surface area contributed by atoms with Crippen molar-refractivity contribution in [2.24, 2.45) is 5.16 Å². The highest BCUT2D eigenvalue weighted by Gasteiger charge is 2.22. The van der Waals surface area contributed by atoms with Gasteiger partial charge >= 0.3 is 0 Å². The molecular formula is C21H26FN5O6S2. The number of morpholine rings is 1. The van der Waals surface area contributed by atoms with Crippen LogP contribution in [0.4, 0.5) is 9.52 Å². The van der Waals surface area contributed by atoms with Crippen molar-refractivity contribution in [1.82, 2.24) is 14.6 Å². The lowest BCUT2D eigenvalue weighted by atomic mass is 10.1. The van der Waals surface area contributed by atoms with Crippen LogP contribution < -0.4 is 10.0 Å². The molecule has 2 saturated heterocycles. The molecule has 2 aromatic rings. The summed E-state index contributed by atoms with van der Waals surface area (Å²) in [5.41, 5.74) is 0.224. The molecule has 1 aromatic heterocycles. The molecule has 2 aliphatic rings. The van der Waals surface area contributed by atoms with Crippen LogP contribution in [0.15, 0.2) is 40.5 Å². The minimum atomic E-state index is -3.74. The molecule has 190 valence electrons. The second kappa shape index (κ2) is 12.0. The molecule has 2 N–H and O–H groups in total. The molecule has 0 spiro atoms. The van der Waals surface area contributed by atoms with Crippen molar-refractivity contribution in [3.8, 4) is 0 Å². The van der Waals surface area contributed by atoms with Crippen molar-refractivity contribution < 1.29 is 31.9 Å². The monoisotopic (exact) mass is 527 g/mol. The van der Waals surface area contributed by atoms with Crippen LogP contribution >= 0.6 is 11.3 Å². The molecule has 1 atom stereocenters. The van der Waals surface area contributed by atoms with Gasteiger partial charge in [0.05, 0.1) is 37.5 Å². The molecule has 1 amide bonds. The highest BCUT2D eigenvalue weighted by Crippen LogP contribution is 2.18. The Labute approximate surface area is 206 Å². The first kappa shape index (κ1) is 25.6. The summed E-state index contributed by atoms with van der Waals surface area (Å²) in [6.07, 6.45) is 1.32. The van der Waals surface area contributed by atoms with Gasteiger partial charge in [-0.3, -0.25) is 15.0 Å². The maximum Gasteiger partial charge on any atom is 0.280 e. The van der Waals surface area contributed by atoms with Gasteiger partial charge in [0.25, 0.3) is 5.91 Å². The number of nitrogens with one attached hydrogen (secondary N) is 2. The summed E-state index contributed by atoms with van der Waals surface area (Å²) in [6.45, 7) is 4.54. The van der Waals surface area contributed by atoms with Crippen LogP contribution in [0.25, 0.3) is 0 Å². The number of ether oxygens (including phenoxy) is 2. The minimum Gasteiger partial charge on any atom is -0.389 e. The Balaban J connectivity index is 1.44. The van der Waals surface area contributed by atoms with Crippen LogP contribution in [0.5, 0.6) is 0 Å². The number of hydrogen-bond acceptors (Lipinski definition) is 10. The summed E-state index contributed by atoms with van der Waals surface area (Å²) in [4.78, 5) is 24.3. The number of sulfonamides is 1. The normalized spacial score (nSPS) is 19.6. The zero-order valence-electron chi connectivity index (χ0n) is 18.8. The standard InChI is InChI=1S/C21H26FN5O6S2/c22-18-13-23-21(34-18)25-20(28)19(26-33-16-5-10-32-14-16)15-1-3-17(4-2-15)35(29,30)24-6-7-27-8-11-31-12-9-27/h1-4,13,16,24H,5-12,14H2,(H,23,25,28)/t16-/m1/s1. The maximum absolute atomic E-state index is 13.3.